The number of imidazole rings is 1. The second-order valence-corrected chi connectivity index (χ2v) is 9.56. The molecule has 0 saturated carbocycles. The highest BCUT2D eigenvalue weighted by Crippen LogP contribution is 2.40. The van der Waals surface area contributed by atoms with Crippen LogP contribution in [0, 0.1) is 0 Å². The van der Waals surface area contributed by atoms with Gasteiger partial charge in [0.05, 0.1) is 11.3 Å². The van der Waals surface area contributed by atoms with Crippen molar-refractivity contribution in [2.75, 3.05) is 0 Å². The third kappa shape index (κ3) is 4.02. The van der Waals surface area contributed by atoms with Crippen LogP contribution in [0.25, 0.3) is 0 Å². The highest BCUT2D eigenvalue weighted by atomic mass is 32.1. The van der Waals surface area contributed by atoms with Crippen molar-refractivity contribution in [3.05, 3.63) is 141 Å². The summed E-state index contributed by atoms with van der Waals surface area (Å²) in [7, 11) is 0. The minimum absolute atomic E-state index is 0.125. The molecule has 5 heteroatoms. The standard InChI is InChI=1S/C30H27N3OS/c1-3-26-28(32-27(4-2)35-26)29(34)25-20-33(21-31-25)30(22-14-8-5-9-15-22,23-16-10-6-11-17-23)24-18-12-7-13-19-24/h5-21H,3-4H2,1-2H3. The van der Waals surface area contributed by atoms with E-state index in [-0.39, 0.29) is 5.78 Å². The fraction of sp³-hybridized carbons (Fsp3) is 0.167. The molecule has 35 heavy (non-hydrogen) atoms. The number of rotatable bonds is 8. The Morgan fingerprint density at radius 2 is 1.31 bits per heavy atom. The fourth-order valence-electron chi connectivity index (χ4n) is 4.70. The van der Waals surface area contributed by atoms with Crippen LogP contribution in [-0.4, -0.2) is 20.3 Å². The Kier molecular flexibility index (Phi) is 6.43. The Bertz CT molecular complexity index is 1330. The van der Waals surface area contributed by atoms with Gasteiger partial charge in [-0.2, -0.15) is 0 Å². The van der Waals surface area contributed by atoms with Crippen molar-refractivity contribution in [3.63, 3.8) is 0 Å². The number of nitrogens with zero attached hydrogens (tertiary/aromatic N) is 3. The lowest BCUT2D eigenvalue weighted by Gasteiger charge is -2.37. The van der Waals surface area contributed by atoms with Crippen LogP contribution in [0.5, 0.6) is 0 Å². The van der Waals surface area contributed by atoms with Crippen molar-refractivity contribution in [1.29, 1.82) is 0 Å². The van der Waals surface area contributed by atoms with Gasteiger partial charge in [-0.15, -0.1) is 11.3 Å². The zero-order valence-corrected chi connectivity index (χ0v) is 20.7. The number of benzene rings is 3. The summed E-state index contributed by atoms with van der Waals surface area (Å²) in [6, 6.07) is 31.1. The van der Waals surface area contributed by atoms with Crippen molar-refractivity contribution in [1.82, 2.24) is 14.5 Å². The summed E-state index contributed by atoms with van der Waals surface area (Å²) in [5, 5.41) is 0.983. The Hall–Kier alpha value is -3.83. The highest BCUT2D eigenvalue weighted by Gasteiger charge is 2.38. The zero-order chi connectivity index (χ0) is 24.3. The number of carbonyl (C=O) groups excluding carboxylic acids is 1. The first-order valence-corrected chi connectivity index (χ1v) is 12.7. The lowest BCUT2D eigenvalue weighted by Crippen LogP contribution is -2.37. The molecule has 0 atom stereocenters. The molecule has 2 heterocycles. The van der Waals surface area contributed by atoms with Crippen LogP contribution >= 0.6 is 11.3 Å². The second-order valence-electron chi connectivity index (χ2n) is 8.39. The lowest BCUT2D eigenvalue weighted by atomic mass is 9.77. The van der Waals surface area contributed by atoms with E-state index in [1.807, 2.05) is 60.8 Å². The van der Waals surface area contributed by atoms with E-state index in [4.69, 9.17) is 0 Å². The van der Waals surface area contributed by atoms with Crippen LogP contribution in [-0.2, 0) is 18.4 Å². The maximum atomic E-state index is 13.6. The summed E-state index contributed by atoms with van der Waals surface area (Å²) in [5.74, 6) is -0.125. The Balaban J connectivity index is 1.73. The van der Waals surface area contributed by atoms with Crippen molar-refractivity contribution in [2.45, 2.75) is 32.2 Å². The number of carbonyl (C=O) groups is 1. The fourth-order valence-corrected chi connectivity index (χ4v) is 5.64. The van der Waals surface area contributed by atoms with Gasteiger partial charge in [-0.25, -0.2) is 9.97 Å². The summed E-state index contributed by atoms with van der Waals surface area (Å²) in [6.07, 6.45) is 5.25. The molecule has 0 spiro atoms. The van der Waals surface area contributed by atoms with Crippen LogP contribution in [0.2, 0.25) is 0 Å². The largest absolute Gasteiger partial charge is 0.318 e. The third-order valence-electron chi connectivity index (χ3n) is 6.36. The molecule has 0 aliphatic carbocycles. The summed E-state index contributed by atoms with van der Waals surface area (Å²) in [6.45, 7) is 4.13. The SMILES string of the molecule is CCc1nc(C(=O)c2cn(C(c3ccccc3)(c3ccccc3)c3ccccc3)cn2)c(CC)s1. The number of ketones is 1. The Morgan fingerprint density at radius 3 is 1.77 bits per heavy atom. The van der Waals surface area contributed by atoms with Gasteiger partial charge in [0.15, 0.2) is 0 Å². The first kappa shape index (κ1) is 22.9. The van der Waals surface area contributed by atoms with E-state index < -0.39 is 5.54 Å². The molecule has 0 bridgehead atoms. The van der Waals surface area contributed by atoms with E-state index in [9.17, 15) is 4.79 Å². The maximum absolute atomic E-state index is 13.6. The third-order valence-corrected chi connectivity index (χ3v) is 7.70. The van der Waals surface area contributed by atoms with Gasteiger partial charge in [0.2, 0.25) is 5.78 Å². The molecule has 3 aromatic carbocycles. The predicted molar refractivity (Wildman–Crippen MR) is 141 cm³/mol. The van der Waals surface area contributed by atoms with Gasteiger partial charge < -0.3 is 4.57 Å². The van der Waals surface area contributed by atoms with E-state index in [0.29, 0.717) is 11.4 Å². The van der Waals surface area contributed by atoms with Crippen LogP contribution in [0.4, 0.5) is 0 Å². The molecule has 0 saturated heterocycles. The molecule has 0 aliphatic heterocycles. The van der Waals surface area contributed by atoms with Gasteiger partial charge in [-0.1, -0.05) is 105 Å². The second kappa shape index (κ2) is 9.80. The van der Waals surface area contributed by atoms with Gasteiger partial charge in [-0.3, -0.25) is 4.79 Å². The quantitative estimate of drug-likeness (QED) is 0.188. The first-order chi connectivity index (χ1) is 17.2. The smallest absolute Gasteiger partial charge is 0.232 e. The number of hydrogen-bond acceptors (Lipinski definition) is 4. The van der Waals surface area contributed by atoms with Gasteiger partial charge in [0, 0.05) is 11.1 Å². The van der Waals surface area contributed by atoms with Crippen molar-refractivity contribution in [3.8, 4) is 0 Å². The van der Waals surface area contributed by atoms with Crippen LogP contribution in [0.15, 0.2) is 104 Å². The molecule has 5 rings (SSSR count). The highest BCUT2D eigenvalue weighted by molar-refractivity contribution is 7.11. The topological polar surface area (TPSA) is 47.8 Å². The molecule has 0 N–H and O–H groups in total. The minimum Gasteiger partial charge on any atom is -0.318 e. The van der Waals surface area contributed by atoms with Gasteiger partial charge in [0.1, 0.15) is 16.9 Å². The normalized spacial score (nSPS) is 11.5. The number of aryl methyl sites for hydroxylation is 2. The summed E-state index contributed by atoms with van der Waals surface area (Å²) >= 11 is 1.62. The van der Waals surface area contributed by atoms with Gasteiger partial charge in [-0.05, 0) is 29.5 Å². The maximum Gasteiger partial charge on any atom is 0.232 e. The average molecular weight is 478 g/mol. The van der Waals surface area contributed by atoms with Crippen LogP contribution in [0.1, 0.15) is 56.6 Å². The molecule has 4 nitrogen and oxygen atoms in total. The molecule has 0 unspecified atom stereocenters. The Morgan fingerprint density at radius 1 is 0.800 bits per heavy atom. The number of hydrogen-bond donors (Lipinski definition) is 0. The van der Waals surface area contributed by atoms with Gasteiger partial charge >= 0.3 is 0 Å². The molecule has 2 aromatic heterocycles. The minimum atomic E-state index is -0.695. The molecule has 0 aliphatic rings. The molecular formula is C30H27N3OS. The van der Waals surface area contributed by atoms with Crippen LogP contribution in [0.3, 0.4) is 0 Å². The summed E-state index contributed by atoms with van der Waals surface area (Å²) in [5.41, 5.74) is 3.50. The summed E-state index contributed by atoms with van der Waals surface area (Å²) in [4.78, 5) is 23.9. The molecule has 174 valence electrons. The lowest BCUT2D eigenvalue weighted by molar-refractivity contribution is 0.102. The monoisotopic (exact) mass is 477 g/mol. The number of aromatic nitrogens is 3. The molecular weight excluding hydrogens is 450 g/mol. The molecule has 0 radical (unpaired) electrons. The van der Waals surface area contributed by atoms with E-state index in [1.54, 1.807) is 17.7 Å². The predicted octanol–water partition coefficient (Wildman–Crippen LogP) is 6.54. The summed E-state index contributed by atoms with van der Waals surface area (Å²) < 4.78 is 2.07. The van der Waals surface area contributed by atoms with E-state index >= 15 is 0 Å². The van der Waals surface area contributed by atoms with E-state index in [2.05, 4.69) is 64.8 Å². The zero-order valence-electron chi connectivity index (χ0n) is 19.9. The van der Waals surface area contributed by atoms with E-state index in [0.717, 1.165) is 39.4 Å². The van der Waals surface area contributed by atoms with E-state index in [1.165, 1.54) is 0 Å². The number of thiazole rings is 1. The average Bonchev–Trinajstić information content (AvgIpc) is 3.59. The van der Waals surface area contributed by atoms with Crippen molar-refractivity contribution >= 4 is 17.1 Å². The molecule has 0 fully saturated rings. The van der Waals surface area contributed by atoms with Crippen molar-refractivity contribution < 1.29 is 4.79 Å². The van der Waals surface area contributed by atoms with Crippen molar-refractivity contribution in [2.24, 2.45) is 0 Å². The van der Waals surface area contributed by atoms with Crippen LogP contribution < -0.4 is 0 Å². The van der Waals surface area contributed by atoms with Gasteiger partial charge in [0.25, 0.3) is 0 Å². The molecule has 0 amide bonds. The first-order valence-electron chi connectivity index (χ1n) is 11.9. The Labute approximate surface area is 210 Å². The molecule has 5 aromatic rings.